The lowest BCUT2D eigenvalue weighted by atomic mass is 10.1. The Hall–Kier alpha value is -2.14. The van der Waals surface area contributed by atoms with Gasteiger partial charge in [0.25, 0.3) is 5.69 Å². The number of hydrogen-bond acceptors (Lipinski definition) is 6. The first-order chi connectivity index (χ1) is 12.3. The molecule has 0 aliphatic carbocycles. The number of pyridine rings is 1. The zero-order valence-corrected chi connectivity index (χ0v) is 16.0. The number of nitrogens with zero attached hydrogens (tertiary/aromatic N) is 3. The molecule has 0 radical (unpaired) electrons. The van der Waals surface area contributed by atoms with Crippen molar-refractivity contribution in [2.24, 2.45) is 0 Å². The van der Waals surface area contributed by atoms with Crippen LogP contribution in [0.1, 0.15) is 17.2 Å². The normalized spacial score (nSPS) is 17.9. The van der Waals surface area contributed by atoms with Crippen LogP contribution < -0.4 is 5.32 Å². The molecule has 1 atom stereocenters. The number of nitro groups is 1. The maximum absolute atomic E-state index is 14.1. The second-order valence-electron chi connectivity index (χ2n) is 5.93. The van der Waals surface area contributed by atoms with Crippen molar-refractivity contribution >= 4 is 28.1 Å². The minimum Gasteiger partial charge on any atom is -0.313 e. The highest BCUT2D eigenvalue weighted by atomic mass is 35.5. The smallest absolute Gasteiger partial charge is 0.276 e. The van der Waals surface area contributed by atoms with Crippen LogP contribution in [0.4, 0.5) is 10.1 Å². The van der Waals surface area contributed by atoms with Crippen LogP contribution in [0.5, 0.6) is 0 Å². The molecule has 1 N–H and O–H groups in total. The van der Waals surface area contributed by atoms with Gasteiger partial charge in [-0.3, -0.25) is 15.1 Å². The zero-order chi connectivity index (χ0) is 18.9. The molecular formula is C16H18ClFN4O4S. The van der Waals surface area contributed by atoms with E-state index in [9.17, 15) is 22.9 Å². The lowest BCUT2D eigenvalue weighted by Crippen LogP contribution is -2.48. The molecule has 1 aromatic carbocycles. The maximum Gasteiger partial charge on any atom is 0.276 e. The molecular weight excluding hydrogens is 399 g/mol. The predicted octanol–water partition coefficient (Wildman–Crippen LogP) is 2.19. The topological polar surface area (TPSA) is 105 Å². The summed E-state index contributed by atoms with van der Waals surface area (Å²) in [7, 11) is -4.13. The van der Waals surface area contributed by atoms with E-state index in [2.05, 4.69) is 10.3 Å². The SMILES string of the molecule is Cc1c(F)cc(S(=O)(=O)N2CCNCC2c2cccnc2)cc1[N+](=O)[O-].Cl. The van der Waals surface area contributed by atoms with Gasteiger partial charge in [0.05, 0.1) is 21.4 Å². The van der Waals surface area contributed by atoms with Gasteiger partial charge in [0.1, 0.15) is 5.82 Å². The molecule has 1 unspecified atom stereocenters. The van der Waals surface area contributed by atoms with Gasteiger partial charge in [0.15, 0.2) is 0 Å². The highest BCUT2D eigenvalue weighted by molar-refractivity contribution is 7.89. The van der Waals surface area contributed by atoms with Gasteiger partial charge in [0.2, 0.25) is 10.0 Å². The van der Waals surface area contributed by atoms with Gasteiger partial charge >= 0.3 is 0 Å². The molecule has 1 fully saturated rings. The van der Waals surface area contributed by atoms with Crippen molar-refractivity contribution in [3.05, 3.63) is 63.7 Å². The van der Waals surface area contributed by atoms with E-state index in [1.807, 2.05) is 0 Å². The maximum atomic E-state index is 14.1. The van der Waals surface area contributed by atoms with E-state index in [4.69, 9.17) is 0 Å². The van der Waals surface area contributed by atoms with E-state index >= 15 is 0 Å². The Balaban J connectivity index is 0.00000261. The summed E-state index contributed by atoms with van der Waals surface area (Å²) in [6, 6.07) is 4.66. The molecule has 0 spiro atoms. The van der Waals surface area contributed by atoms with Crippen LogP contribution >= 0.6 is 12.4 Å². The van der Waals surface area contributed by atoms with Gasteiger partial charge in [0, 0.05) is 38.1 Å². The number of nitro benzene ring substituents is 1. The summed E-state index contributed by atoms with van der Waals surface area (Å²) in [6.07, 6.45) is 3.15. The number of rotatable bonds is 4. The second kappa shape index (κ2) is 8.26. The van der Waals surface area contributed by atoms with E-state index < -0.39 is 37.4 Å². The van der Waals surface area contributed by atoms with Crippen LogP contribution in [0, 0.1) is 22.9 Å². The monoisotopic (exact) mass is 416 g/mol. The van der Waals surface area contributed by atoms with Gasteiger partial charge in [-0.25, -0.2) is 12.8 Å². The fourth-order valence-electron chi connectivity index (χ4n) is 2.94. The van der Waals surface area contributed by atoms with Crippen molar-refractivity contribution < 1.29 is 17.7 Å². The van der Waals surface area contributed by atoms with Gasteiger partial charge in [-0.15, -0.1) is 12.4 Å². The Morgan fingerprint density at radius 1 is 1.41 bits per heavy atom. The van der Waals surface area contributed by atoms with Gasteiger partial charge in [-0.2, -0.15) is 4.31 Å². The average Bonchev–Trinajstić information content (AvgIpc) is 2.64. The summed E-state index contributed by atoms with van der Waals surface area (Å²) in [6.45, 7) is 2.19. The zero-order valence-electron chi connectivity index (χ0n) is 14.3. The molecule has 0 amide bonds. The van der Waals surface area contributed by atoms with Crippen LogP contribution in [0.25, 0.3) is 0 Å². The number of sulfonamides is 1. The Labute approximate surface area is 162 Å². The third-order valence-electron chi connectivity index (χ3n) is 4.36. The summed E-state index contributed by atoms with van der Waals surface area (Å²) in [4.78, 5) is 13.9. The first-order valence-electron chi connectivity index (χ1n) is 7.89. The molecule has 2 heterocycles. The van der Waals surface area contributed by atoms with Crippen molar-refractivity contribution in [1.82, 2.24) is 14.6 Å². The van der Waals surface area contributed by atoms with Crippen molar-refractivity contribution in [2.45, 2.75) is 17.9 Å². The first-order valence-corrected chi connectivity index (χ1v) is 9.33. The second-order valence-corrected chi connectivity index (χ2v) is 7.82. The molecule has 8 nitrogen and oxygen atoms in total. The molecule has 1 aliphatic rings. The Morgan fingerprint density at radius 3 is 2.78 bits per heavy atom. The van der Waals surface area contributed by atoms with E-state index in [0.29, 0.717) is 18.7 Å². The Morgan fingerprint density at radius 2 is 2.15 bits per heavy atom. The fourth-order valence-corrected chi connectivity index (χ4v) is 4.59. The average molecular weight is 417 g/mol. The molecule has 11 heteroatoms. The Kier molecular flexibility index (Phi) is 6.47. The number of hydrogen-bond donors (Lipinski definition) is 1. The molecule has 3 rings (SSSR count). The quantitative estimate of drug-likeness (QED) is 0.605. The summed E-state index contributed by atoms with van der Waals surface area (Å²) < 4.78 is 41.5. The van der Waals surface area contributed by atoms with E-state index in [1.54, 1.807) is 24.5 Å². The summed E-state index contributed by atoms with van der Waals surface area (Å²) >= 11 is 0. The van der Waals surface area contributed by atoms with Crippen LogP contribution in [-0.2, 0) is 10.0 Å². The highest BCUT2D eigenvalue weighted by Crippen LogP contribution is 2.32. The third-order valence-corrected chi connectivity index (χ3v) is 6.24. The number of piperazine rings is 1. The molecule has 0 bridgehead atoms. The predicted molar refractivity (Wildman–Crippen MR) is 98.8 cm³/mol. The first kappa shape index (κ1) is 21.2. The van der Waals surface area contributed by atoms with Crippen molar-refractivity contribution in [3.63, 3.8) is 0 Å². The summed E-state index contributed by atoms with van der Waals surface area (Å²) in [5.74, 6) is -0.925. The standard InChI is InChI=1S/C16H17FN4O4S.ClH/c1-11-14(17)7-13(8-15(11)21(22)23)26(24,25)20-6-5-19-10-16(20)12-3-2-4-18-9-12;/h2-4,7-9,16,19H,5-6,10H2,1H3;1H. The minimum atomic E-state index is -4.13. The van der Waals surface area contributed by atoms with E-state index in [1.165, 1.54) is 11.2 Å². The van der Waals surface area contributed by atoms with Gasteiger partial charge in [-0.1, -0.05) is 6.07 Å². The van der Waals surface area contributed by atoms with Crippen molar-refractivity contribution in [3.8, 4) is 0 Å². The van der Waals surface area contributed by atoms with Crippen LogP contribution in [0.15, 0.2) is 41.6 Å². The fraction of sp³-hybridized carbons (Fsp3) is 0.312. The minimum absolute atomic E-state index is 0. The van der Waals surface area contributed by atoms with Gasteiger partial charge in [-0.05, 0) is 24.6 Å². The van der Waals surface area contributed by atoms with Crippen LogP contribution in [0.3, 0.4) is 0 Å². The summed E-state index contributed by atoms with van der Waals surface area (Å²) in [5, 5.41) is 14.2. The largest absolute Gasteiger partial charge is 0.313 e. The van der Waals surface area contributed by atoms with Gasteiger partial charge < -0.3 is 5.32 Å². The van der Waals surface area contributed by atoms with Crippen LogP contribution in [0.2, 0.25) is 0 Å². The molecule has 0 saturated carbocycles. The molecule has 146 valence electrons. The molecule has 1 aliphatic heterocycles. The highest BCUT2D eigenvalue weighted by Gasteiger charge is 2.36. The number of halogens is 2. The lowest BCUT2D eigenvalue weighted by molar-refractivity contribution is -0.385. The lowest BCUT2D eigenvalue weighted by Gasteiger charge is -2.35. The van der Waals surface area contributed by atoms with Crippen molar-refractivity contribution in [1.29, 1.82) is 0 Å². The molecule has 1 aromatic heterocycles. The third kappa shape index (κ3) is 4.08. The van der Waals surface area contributed by atoms with E-state index in [-0.39, 0.29) is 24.5 Å². The summed E-state index contributed by atoms with van der Waals surface area (Å²) in [5.41, 5.74) is -0.0694. The number of benzene rings is 1. The molecule has 27 heavy (non-hydrogen) atoms. The van der Waals surface area contributed by atoms with Crippen LogP contribution in [-0.4, -0.2) is 42.3 Å². The number of aromatic nitrogens is 1. The van der Waals surface area contributed by atoms with E-state index in [0.717, 1.165) is 12.1 Å². The number of nitrogens with one attached hydrogen (secondary N) is 1. The molecule has 2 aromatic rings. The molecule has 1 saturated heterocycles. The Bertz CT molecular complexity index is 943. The van der Waals surface area contributed by atoms with Crippen molar-refractivity contribution in [2.75, 3.05) is 19.6 Å².